The minimum absolute atomic E-state index is 0.101. The van der Waals surface area contributed by atoms with Crippen molar-refractivity contribution in [1.82, 2.24) is 10.6 Å². The number of carbonyl (C=O) groups excluding carboxylic acids is 1. The summed E-state index contributed by atoms with van der Waals surface area (Å²) in [4.78, 5) is 12.0. The van der Waals surface area contributed by atoms with E-state index in [0.717, 1.165) is 4.47 Å². The summed E-state index contributed by atoms with van der Waals surface area (Å²) in [6.07, 6.45) is 0. The maximum atomic E-state index is 12.0. The summed E-state index contributed by atoms with van der Waals surface area (Å²) in [5.41, 5.74) is 1.16. The van der Waals surface area contributed by atoms with Gasteiger partial charge in [0.1, 0.15) is 11.7 Å². The van der Waals surface area contributed by atoms with Crippen LogP contribution in [0.25, 0.3) is 0 Å². The second-order valence-electron chi connectivity index (χ2n) is 4.31. The lowest BCUT2D eigenvalue weighted by Gasteiger charge is -2.35. The summed E-state index contributed by atoms with van der Waals surface area (Å²) in [6, 6.07) is 4.35. The molecule has 20 heavy (non-hydrogen) atoms. The van der Waals surface area contributed by atoms with E-state index in [1.807, 2.05) is 0 Å². The third-order valence-electron chi connectivity index (χ3n) is 3.04. The molecule has 0 saturated carbocycles. The summed E-state index contributed by atoms with van der Waals surface area (Å²) in [6.45, 7) is 3.83. The van der Waals surface area contributed by atoms with E-state index in [2.05, 4.69) is 33.1 Å². The van der Waals surface area contributed by atoms with Crippen LogP contribution in [-0.4, -0.2) is 23.3 Å². The Labute approximate surface area is 130 Å². The van der Waals surface area contributed by atoms with Crippen molar-refractivity contribution in [2.75, 3.05) is 7.11 Å². The number of ether oxygens (including phenoxy) is 1. The molecule has 1 aliphatic heterocycles. The van der Waals surface area contributed by atoms with Gasteiger partial charge in [-0.1, -0.05) is 22.5 Å². The second kappa shape index (κ2) is 5.80. The number of benzene rings is 1. The van der Waals surface area contributed by atoms with E-state index in [-0.39, 0.29) is 5.75 Å². The zero-order chi connectivity index (χ0) is 14.9. The molecule has 106 valence electrons. The van der Waals surface area contributed by atoms with Gasteiger partial charge in [0, 0.05) is 10.2 Å². The quantitative estimate of drug-likeness (QED) is 0.556. The number of aromatic hydroxyl groups is 1. The van der Waals surface area contributed by atoms with Crippen LogP contribution < -0.4 is 10.6 Å². The first-order valence-electron chi connectivity index (χ1n) is 5.76. The normalized spacial score (nSPS) is 21.9. The first-order chi connectivity index (χ1) is 9.43. The lowest BCUT2D eigenvalue weighted by Crippen LogP contribution is -2.50. The fourth-order valence-electron chi connectivity index (χ4n) is 2.12. The zero-order valence-corrected chi connectivity index (χ0v) is 13.0. The predicted molar refractivity (Wildman–Crippen MR) is 82.1 cm³/mol. The molecule has 7 heteroatoms. The Morgan fingerprint density at radius 3 is 2.90 bits per heavy atom. The summed E-state index contributed by atoms with van der Waals surface area (Å²) >= 11 is 8.51. The average molecular weight is 357 g/mol. The Bertz CT molecular complexity index is 591. The van der Waals surface area contributed by atoms with Crippen LogP contribution in [0.2, 0.25) is 0 Å². The van der Waals surface area contributed by atoms with Crippen LogP contribution in [0.15, 0.2) is 34.9 Å². The maximum Gasteiger partial charge on any atom is 0.317 e. The van der Waals surface area contributed by atoms with Crippen molar-refractivity contribution in [3.63, 3.8) is 0 Å². The van der Waals surface area contributed by atoms with Crippen LogP contribution in [0.1, 0.15) is 11.6 Å². The predicted octanol–water partition coefficient (Wildman–Crippen LogP) is 1.98. The van der Waals surface area contributed by atoms with Crippen LogP contribution >= 0.6 is 28.1 Å². The topological polar surface area (TPSA) is 70.6 Å². The standard InChI is InChI=1S/C13H13BrN2O3S/c1-6-10(12(18)19-2)11(16-13(20)15-6)8-5-7(17)3-4-9(8)14/h3-5,10-11,17H,1H2,2H3,(H2,15,16,20)/t10-,11+/m1/s1. The van der Waals surface area contributed by atoms with Crippen LogP contribution in [0.5, 0.6) is 5.75 Å². The van der Waals surface area contributed by atoms with Gasteiger partial charge in [-0.2, -0.15) is 0 Å². The van der Waals surface area contributed by atoms with E-state index in [1.54, 1.807) is 18.2 Å². The van der Waals surface area contributed by atoms with Crippen molar-refractivity contribution in [3.05, 3.63) is 40.5 Å². The summed E-state index contributed by atoms with van der Waals surface area (Å²) in [5, 5.41) is 15.9. The number of phenols is 1. The summed E-state index contributed by atoms with van der Waals surface area (Å²) < 4.78 is 5.57. The number of methoxy groups -OCH3 is 1. The molecule has 0 aromatic heterocycles. The fraction of sp³-hybridized carbons (Fsp3) is 0.231. The number of halogens is 1. The van der Waals surface area contributed by atoms with E-state index in [4.69, 9.17) is 17.0 Å². The maximum absolute atomic E-state index is 12.0. The Hall–Kier alpha value is -1.60. The largest absolute Gasteiger partial charge is 0.508 e. The minimum Gasteiger partial charge on any atom is -0.508 e. The number of esters is 1. The summed E-state index contributed by atoms with van der Waals surface area (Å²) in [5.74, 6) is -0.980. The number of hydrogen-bond acceptors (Lipinski definition) is 4. The molecule has 1 fully saturated rings. The lowest BCUT2D eigenvalue weighted by atomic mass is 9.89. The third-order valence-corrected chi connectivity index (χ3v) is 3.98. The Kier molecular flexibility index (Phi) is 4.29. The van der Waals surface area contributed by atoms with E-state index in [1.165, 1.54) is 7.11 Å². The molecule has 2 rings (SSSR count). The SMILES string of the molecule is C=C1NC(=S)N[C@@H](c2cc(O)ccc2Br)[C@@H]1C(=O)OC. The van der Waals surface area contributed by atoms with Crippen molar-refractivity contribution in [3.8, 4) is 5.75 Å². The smallest absolute Gasteiger partial charge is 0.317 e. The van der Waals surface area contributed by atoms with Gasteiger partial charge in [0.15, 0.2) is 5.11 Å². The molecule has 0 radical (unpaired) electrons. The van der Waals surface area contributed by atoms with Gasteiger partial charge in [-0.15, -0.1) is 0 Å². The molecule has 1 aromatic rings. The van der Waals surface area contributed by atoms with Crippen LogP contribution in [0.3, 0.4) is 0 Å². The average Bonchev–Trinajstić information content (AvgIpc) is 2.40. The molecule has 5 nitrogen and oxygen atoms in total. The van der Waals surface area contributed by atoms with E-state index < -0.39 is 17.9 Å². The first-order valence-corrected chi connectivity index (χ1v) is 6.96. The number of rotatable bonds is 2. The summed E-state index contributed by atoms with van der Waals surface area (Å²) in [7, 11) is 1.32. The van der Waals surface area contributed by atoms with Crippen molar-refractivity contribution in [2.24, 2.45) is 5.92 Å². The number of phenolic OH excluding ortho intramolecular Hbond substituents is 1. The third kappa shape index (κ3) is 2.78. The highest BCUT2D eigenvalue weighted by Gasteiger charge is 2.38. The molecule has 0 aliphatic carbocycles. The van der Waals surface area contributed by atoms with E-state index in [9.17, 15) is 9.90 Å². The van der Waals surface area contributed by atoms with Gasteiger partial charge in [0.2, 0.25) is 0 Å². The molecule has 3 N–H and O–H groups in total. The minimum atomic E-state index is -0.648. The molecular weight excluding hydrogens is 344 g/mol. The highest BCUT2D eigenvalue weighted by atomic mass is 79.9. The number of carbonyl (C=O) groups is 1. The molecule has 0 spiro atoms. The molecule has 0 unspecified atom stereocenters. The fourth-order valence-corrected chi connectivity index (χ4v) is 2.87. The van der Waals surface area contributed by atoms with Crippen molar-refractivity contribution >= 4 is 39.2 Å². The zero-order valence-electron chi connectivity index (χ0n) is 10.6. The van der Waals surface area contributed by atoms with Gasteiger partial charge in [-0.25, -0.2) is 0 Å². The van der Waals surface area contributed by atoms with Crippen molar-refractivity contribution < 1.29 is 14.6 Å². The van der Waals surface area contributed by atoms with Crippen molar-refractivity contribution in [2.45, 2.75) is 6.04 Å². The first kappa shape index (κ1) is 14.8. The number of hydrogen-bond donors (Lipinski definition) is 3. The van der Waals surface area contributed by atoms with Gasteiger partial charge >= 0.3 is 5.97 Å². The van der Waals surface area contributed by atoms with Crippen LogP contribution in [0, 0.1) is 5.92 Å². The number of nitrogens with one attached hydrogen (secondary N) is 2. The van der Waals surface area contributed by atoms with Gasteiger partial charge in [-0.05, 0) is 36.0 Å². The molecule has 2 atom stereocenters. The Morgan fingerprint density at radius 1 is 1.55 bits per heavy atom. The molecule has 1 heterocycles. The van der Waals surface area contributed by atoms with Crippen LogP contribution in [0.4, 0.5) is 0 Å². The van der Waals surface area contributed by atoms with E-state index >= 15 is 0 Å². The molecule has 1 aromatic carbocycles. The van der Waals surface area contributed by atoms with Gasteiger partial charge in [0.25, 0.3) is 0 Å². The van der Waals surface area contributed by atoms with Gasteiger partial charge < -0.3 is 20.5 Å². The highest BCUT2D eigenvalue weighted by Crippen LogP contribution is 2.35. The highest BCUT2D eigenvalue weighted by molar-refractivity contribution is 9.10. The van der Waals surface area contributed by atoms with Gasteiger partial charge in [0.05, 0.1) is 13.2 Å². The van der Waals surface area contributed by atoms with Crippen LogP contribution in [-0.2, 0) is 9.53 Å². The Morgan fingerprint density at radius 2 is 2.25 bits per heavy atom. The second-order valence-corrected chi connectivity index (χ2v) is 5.57. The van der Waals surface area contributed by atoms with Gasteiger partial charge in [-0.3, -0.25) is 4.79 Å². The van der Waals surface area contributed by atoms with E-state index in [0.29, 0.717) is 16.4 Å². The lowest BCUT2D eigenvalue weighted by molar-refractivity contribution is -0.145. The molecule has 1 aliphatic rings. The molecule has 1 saturated heterocycles. The molecule has 0 amide bonds. The Balaban J connectivity index is 2.48. The monoisotopic (exact) mass is 356 g/mol. The molecular formula is C13H13BrN2O3S. The van der Waals surface area contributed by atoms with Crippen molar-refractivity contribution in [1.29, 1.82) is 0 Å². The molecule has 0 bridgehead atoms. The number of thiocarbonyl (C=S) groups is 1.